The lowest BCUT2D eigenvalue weighted by Gasteiger charge is -2.50. The molecule has 0 aromatic heterocycles. The highest BCUT2D eigenvalue weighted by Crippen LogP contribution is 2.61. The molecular formula is C54H58B2O4. The van der Waals surface area contributed by atoms with Gasteiger partial charge in [0.1, 0.15) is 0 Å². The fourth-order valence-electron chi connectivity index (χ4n) is 12.0. The van der Waals surface area contributed by atoms with E-state index in [2.05, 4.69) is 168 Å². The molecule has 4 nitrogen and oxygen atoms in total. The first-order valence-electron chi connectivity index (χ1n) is 22.7. The van der Waals surface area contributed by atoms with E-state index in [0.29, 0.717) is 0 Å². The second-order valence-corrected chi connectivity index (χ2v) is 20.6. The summed E-state index contributed by atoms with van der Waals surface area (Å²) in [6.45, 7) is 26.8. The first-order chi connectivity index (χ1) is 28.4. The summed E-state index contributed by atoms with van der Waals surface area (Å²) in [4.78, 5) is 0. The average Bonchev–Trinajstić information content (AvgIpc) is 3.86. The summed E-state index contributed by atoms with van der Waals surface area (Å²) in [6.07, 6.45) is 4.07. The molecule has 6 aromatic carbocycles. The van der Waals surface area contributed by atoms with E-state index >= 15 is 0 Å². The van der Waals surface area contributed by atoms with Gasteiger partial charge in [0, 0.05) is 10.8 Å². The SMILES string of the molecule is CCC1(CC)c2cc3c(cc2C(CC)(CC)c2cc4c(cc21)-c1cc(B2OC(C)(C)C(C)(C)O2)cc2cccc-4c12)-c1cc(B2OC(C)(C)C(C)(C)O2)cc2cccc-3c12. The van der Waals surface area contributed by atoms with Gasteiger partial charge in [-0.1, -0.05) is 88.4 Å². The van der Waals surface area contributed by atoms with E-state index in [4.69, 9.17) is 18.6 Å². The molecule has 6 heteroatoms. The molecule has 304 valence electrons. The summed E-state index contributed by atoms with van der Waals surface area (Å²) in [7, 11) is -0.843. The highest BCUT2D eigenvalue weighted by atomic mass is 16.7. The van der Waals surface area contributed by atoms with Gasteiger partial charge in [0.15, 0.2) is 0 Å². The Hall–Kier alpha value is -4.19. The van der Waals surface area contributed by atoms with Crippen LogP contribution in [0.5, 0.6) is 0 Å². The Morgan fingerprint density at radius 1 is 0.367 bits per heavy atom. The summed E-state index contributed by atoms with van der Waals surface area (Å²) < 4.78 is 26.6. The molecule has 0 radical (unpaired) electrons. The smallest absolute Gasteiger partial charge is 0.399 e. The fourth-order valence-corrected chi connectivity index (χ4v) is 12.0. The quantitative estimate of drug-likeness (QED) is 0.157. The van der Waals surface area contributed by atoms with Crippen molar-refractivity contribution in [1.82, 2.24) is 0 Å². The molecule has 0 unspecified atom stereocenters. The molecule has 2 heterocycles. The number of fused-ring (bicyclic) bond motifs is 8. The molecule has 3 aliphatic carbocycles. The Labute approximate surface area is 357 Å². The molecule has 0 bridgehead atoms. The van der Waals surface area contributed by atoms with Crippen LogP contribution in [-0.4, -0.2) is 36.6 Å². The second kappa shape index (κ2) is 12.3. The maximum atomic E-state index is 6.65. The number of benzene rings is 6. The Kier molecular flexibility index (Phi) is 7.91. The maximum Gasteiger partial charge on any atom is 0.494 e. The third-order valence-electron chi connectivity index (χ3n) is 17.0. The lowest BCUT2D eigenvalue weighted by molar-refractivity contribution is 0.00578. The standard InChI is InChI=1S/C54H58B2O4/c1-13-53(14-2)43-27-37-35-21-17-19-31-23-34(56-59-51(9,10)52(11,12)60-56)26-42(47(31)35)40(37)30-46(43)54(15-3,16-4)44-28-38-36-22-18-20-32-24-33(55-57-49(5,6)50(7,8)58-55)25-41(48(32)36)39(38)29-45(44)53/h17-30H,13-16H2,1-12H3. The Bertz CT molecular complexity index is 2630. The van der Waals surface area contributed by atoms with E-state index in [1.807, 2.05) is 0 Å². The molecule has 2 aliphatic heterocycles. The largest absolute Gasteiger partial charge is 0.494 e. The monoisotopic (exact) mass is 792 g/mol. The third kappa shape index (κ3) is 4.75. The van der Waals surface area contributed by atoms with Crippen LogP contribution in [0.3, 0.4) is 0 Å². The van der Waals surface area contributed by atoms with Crippen molar-refractivity contribution in [3.05, 3.63) is 107 Å². The average molecular weight is 793 g/mol. The van der Waals surface area contributed by atoms with Crippen molar-refractivity contribution in [2.45, 2.75) is 142 Å². The van der Waals surface area contributed by atoms with E-state index < -0.39 is 36.6 Å². The van der Waals surface area contributed by atoms with Crippen molar-refractivity contribution < 1.29 is 18.6 Å². The maximum absolute atomic E-state index is 6.65. The summed E-state index contributed by atoms with van der Waals surface area (Å²) in [5, 5.41) is 5.16. The number of hydrogen-bond acceptors (Lipinski definition) is 4. The Morgan fingerprint density at radius 2 is 0.667 bits per heavy atom. The van der Waals surface area contributed by atoms with Crippen molar-refractivity contribution in [2.75, 3.05) is 0 Å². The first kappa shape index (κ1) is 38.7. The van der Waals surface area contributed by atoms with Crippen molar-refractivity contribution >= 4 is 46.7 Å². The highest BCUT2D eigenvalue weighted by molar-refractivity contribution is 6.63. The van der Waals surface area contributed by atoms with Crippen molar-refractivity contribution in [2.24, 2.45) is 0 Å². The van der Waals surface area contributed by atoms with Gasteiger partial charge in [-0.2, -0.15) is 0 Å². The summed E-state index contributed by atoms with van der Waals surface area (Å²) in [5.74, 6) is 0. The molecular weight excluding hydrogens is 734 g/mol. The van der Waals surface area contributed by atoms with Gasteiger partial charge < -0.3 is 18.6 Å². The topological polar surface area (TPSA) is 36.9 Å². The molecule has 6 aromatic rings. The normalized spacial score (nSPS) is 21.1. The Morgan fingerprint density at radius 3 is 0.967 bits per heavy atom. The minimum Gasteiger partial charge on any atom is -0.399 e. The van der Waals surface area contributed by atoms with Crippen molar-refractivity contribution in [3.63, 3.8) is 0 Å². The molecule has 60 heavy (non-hydrogen) atoms. The second-order valence-electron chi connectivity index (χ2n) is 20.6. The van der Waals surface area contributed by atoms with Gasteiger partial charge >= 0.3 is 14.2 Å². The van der Waals surface area contributed by atoms with Crippen LogP contribution in [-0.2, 0) is 29.4 Å². The van der Waals surface area contributed by atoms with E-state index in [9.17, 15) is 0 Å². The van der Waals surface area contributed by atoms with Gasteiger partial charge in [-0.3, -0.25) is 0 Å². The van der Waals surface area contributed by atoms with Crippen LogP contribution in [0.15, 0.2) is 84.9 Å². The molecule has 0 spiro atoms. The van der Waals surface area contributed by atoms with E-state index in [1.165, 1.54) is 88.3 Å². The molecule has 0 saturated carbocycles. The molecule has 2 saturated heterocycles. The molecule has 0 atom stereocenters. The zero-order valence-corrected chi connectivity index (χ0v) is 37.7. The van der Waals surface area contributed by atoms with Crippen LogP contribution in [0.1, 0.15) is 131 Å². The zero-order valence-electron chi connectivity index (χ0n) is 37.7. The lowest BCUT2D eigenvalue weighted by Crippen LogP contribution is -2.42. The van der Waals surface area contributed by atoms with Gasteiger partial charge in [-0.15, -0.1) is 0 Å². The lowest BCUT2D eigenvalue weighted by atomic mass is 9.53. The summed E-state index contributed by atoms with van der Waals surface area (Å²) in [6, 6.07) is 33.5. The van der Waals surface area contributed by atoms with Crippen LogP contribution in [0.25, 0.3) is 66.1 Å². The number of hydrogen-bond donors (Lipinski definition) is 0. The highest BCUT2D eigenvalue weighted by Gasteiger charge is 2.54. The van der Waals surface area contributed by atoms with Gasteiger partial charge in [0.2, 0.25) is 0 Å². The van der Waals surface area contributed by atoms with Crippen molar-refractivity contribution in [3.8, 4) is 44.5 Å². The minimum atomic E-state index is -0.422. The molecule has 5 aliphatic rings. The van der Waals surface area contributed by atoms with Crippen LogP contribution in [0.2, 0.25) is 0 Å². The summed E-state index contributed by atoms with van der Waals surface area (Å²) >= 11 is 0. The molecule has 11 rings (SSSR count). The predicted molar refractivity (Wildman–Crippen MR) is 251 cm³/mol. The van der Waals surface area contributed by atoms with Crippen molar-refractivity contribution in [1.29, 1.82) is 0 Å². The van der Waals surface area contributed by atoms with Gasteiger partial charge in [0.25, 0.3) is 0 Å². The van der Waals surface area contributed by atoms with Crippen LogP contribution < -0.4 is 10.9 Å². The fraction of sp³-hybridized carbons (Fsp3) is 0.407. The first-order valence-corrected chi connectivity index (χ1v) is 22.7. The van der Waals surface area contributed by atoms with E-state index in [1.54, 1.807) is 0 Å². The van der Waals surface area contributed by atoms with E-state index in [0.717, 1.165) is 36.6 Å². The molecule has 0 N–H and O–H groups in total. The zero-order chi connectivity index (χ0) is 42.1. The van der Waals surface area contributed by atoms with Crippen LogP contribution in [0, 0.1) is 0 Å². The number of rotatable bonds is 6. The van der Waals surface area contributed by atoms with Crippen LogP contribution >= 0.6 is 0 Å². The minimum absolute atomic E-state index is 0.156. The molecule has 0 amide bonds. The van der Waals surface area contributed by atoms with Gasteiger partial charge in [0.05, 0.1) is 22.4 Å². The van der Waals surface area contributed by atoms with Gasteiger partial charge in [-0.05, 0) is 205 Å². The van der Waals surface area contributed by atoms with Gasteiger partial charge in [-0.25, -0.2) is 0 Å². The van der Waals surface area contributed by atoms with E-state index in [-0.39, 0.29) is 10.8 Å². The summed E-state index contributed by atoms with van der Waals surface area (Å²) in [5.41, 5.74) is 16.9. The van der Waals surface area contributed by atoms with Crippen LogP contribution in [0.4, 0.5) is 0 Å². The Balaban J connectivity index is 1.12. The third-order valence-corrected chi connectivity index (χ3v) is 17.0. The molecule has 2 fully saturated rings. The predicted octanol–water partition coefficient (Wildman–Crippen LogP) is 12.4.